The zero-order chi connectivity index (χ0) is 17.2. The van der Waals surface area contributed by atoms with Crippen LogP contribution in [0.1, 0.15) is 10.6 Å². The molecule has 8 heteroatoms. The molecule has 0 spiro atoms. The Labute approximate surface area is 152 Å². The fraction of sp³-hybridized carbons (Fsp3) is 0.118. The summed E-state index contributed by atoms with van der Waals surface area (Å²) in [7, 11) is 3.25. The predicted molar refractivity (Wildman–Crippen MR) is 100 cm³/mol. The van der Waals surface area contributed by atoms with E-state index in [0.717, 1.165) is 26.2 Å². The molecule has 0 saturated heterocycles. The number of hydrogen-bond donors (Lipinski definition) is 0. The van der Waals surface area contributed by atoms with Gasteiger partial charge >= 0.3 is 0 Å². The molecule has 0 N–H and O–H groups in total. The van der Waals surface area contributed by atoms with E-state index in [1.54, 1.807) is 30.1 Å². The van der Waals surface area contributed by atoms with Crippen LogP contribution in [0.2, 0.25) is 0 Å². The monoisotopic (exact) mass is 370 g/mol. The third-order valence-electron chi connectivity index (χ3n) is 3.57. The maximum Gasteiger partial charge on any atom is 0.235 e. The lowest BCUT2D eigenvalue weighted by atomic mass is 10.2. The number of rotatable bonds is 5. The smallest absolute Gasteiger partial charge is 0.235 e. The van der Waals surface area contributed by atoms with Gasteiger partial charge in [-0.2, -0.15) is 9.61 Å². The summed E-state index contributed by atoms with van der Waals surface area (Å²) in [6.07, 6.45) is 3.94. The molecule has 0 aliphatic heterocycles. The normalized spacial score (nSPS) is 11.4. The van der Waals surface area contributed by atoms with Crippen molar-refractivity contribution in [3.63, 3.8) is 0 Å². The molecule has 126 valence electrons. The van der Waals surface area contributed by atoms with Crippen LogP contribution < -0.4 is 9.47 Å². The number of fused-ring (bicyclic) bond motifs is 1. The first-order valence-corrected chi connectivity index (χ1v) is 9.14. The molecule has 0 saturated carbocycles. The van der Waals surface area contributed by atoms with Gasteiger partial charge in [0.05, 0.1) is 19.1 Å². The third-order valence-corrected chi connectivity index (χ3v) is 5.30. The molecule has 25 heavy (non-hydrogen) atoms. The summed E-state index contributed by atoms with van der Waals surface area (Å²) >= 11 is 3.11. The minimum Gasteiger partial charge on any atom is -0.493 e. The van der Waals surface area contributed by atoms with Gasteiger partial charge in [-0.3, -0.25) is 0 Å². The van der Waals surface area contributed by atoms with Crippen molar-refractivity contribution in [1.29, 1.82) is 0 Å². The maximum atomic E-state index is 5.33. The van der Waals surface area contributed by atoms with Gasteiger partial charge in [0.2, 0.25) is 4.96 Å². The average molecular weight is 370 g/mol. The number of thiophene rings is 1. The molecule has 4 aromatic rings. The molecular weight excluding hydrogens is 356 g/mol. The van der Waals surface area contributed by atoms with Crippen molar-refractivity contribution in [2.75, 3.05) is 14.2 Å². The van der Waals surface area contributed by atoms with Crippen LogP contribution in [0, 0.1) is 0 Å². The van der Waals surface area contributed by atoms with Crippen LogP contribution in [-0.2, 0) is 0 Å². The zero-order valence-electron chi connectivity index (χ0n) is 13.5. The standard InChI is InChI=1S/C17H14N4O2S2/c1-22-12-7-5-11(10-13(12)23-2)6-8-15-20-21-16(14-4-3-9-24-14)18-19-17(21)25-15/h3-10H,1-2H3/b8-6+. The van der Waals surface area contributed by atoms with Gasteiger partial charge in [0.1, 0.15) is 5.01 Å². The molecule has 0 amide bonds. The lowest BCUT2D eigenvalue weighted by Crippen LogP contribution is -1.90. The molecule has 0 fully saturated rings. The van der Waals surface area contributed by atoms with Gasteiger partial charge in [-0.15, -0.1) is 21.5 Å². The Morgan fingerprint density at radius 2 is 1.92 bits per heavy atom. The van der Waals surface area contributed by atoms with Gasteiger partial charge < -0.3 is 9.47 Å². The number of benzene rings is 1. The van der Waals surface area contributed by atoms with Crippen LogP contribution in [0.25, 0.3) is 27.8 Å². The van der Waals surface area contributed by atoms with Crippen LogP contribution in [0.5, 0.6) is 11.5 Å². The Hall–Kier alpha value is -2.71. The predicted octanol–water partition coefficient (Wildman–Crippen LogP) is 4.10. The first kappa shape index (κ1) is 15.8. The van der Waals surface area contributed by atoms with Gasteiger partial charge in [0, 0.05) is 0 Å². The van der Waals surface area contributed by atoms with Crippen molar-refractivity contribution in [3.05, 3.63) is 46.3 Å². The summed E-state index contributed by atoms with van der Waals surface area (Å²) in [5, 5.41) is 15.9. The number of ether oxygens (including phenoxy) is 2. The highest BCUT2D eigenvalue weighted by Crippen LogP contribution is 2.29. The Balaban J connectivity index is 1.64. The summed E-state index contributed by atoms with van der Waals surface area (Å²) in [6, 6.07) is 9.78. The number of hydrogen-bond acceptors (Lipinski definition) is 7. The number of nitrogens with zero attached hydrogens (tertiary/aromatic N) is 4. The fourth-order valence-corrected chi connectivity index (χ4v) is 3.82. The first-order valence-electron chi connectivity index (χ1n) is 7.44. The highest BCUT2D eigenvalue weighted by molar-refractivity contribution is 7.17. The largest absolute Gasteiger partial charge is 0.493 e. The van der Waals surface area contributed by atoms with E-state index in [1.165, 1.54) is 11.3 Å². The lowest BCUT2D eigenvalue weighted by Gasteiger charge is -2.07. The quantitative estimate of drug-likeness (QED) is 0.529. The van der Waals surface area contributed by atoms with Crippen LogP contribution in [0.4, 0.5) is 0 Å². The molecule has 6 nitrogen and oxygen atoms in total. The van der Waals surface area contributed by atoms with Gasteiger partial charge in [0.15, 0.2) is 17.3 Å². The Bertz CT molecular complexity index is 1030. The van der Waals surface area contributed by atoms with Crippen molar-refractivity contribution < 1.29 is 9.47 Å². The van der Waals surface area contributed by atoms with E-state index in [1.807, 2.05) is 47.9 Å². The van der Waals surface area contributed by atoms with E-state index in [9.17, 15) is 0 Å². The lowest BCUT2D eigenvalue weighted by molar-refractivity contribution is 0.355. The highest BCUT2D eigenvalue weighted by atomic mass is 32.1. The van der Waals surface area contributed by atoms with E-state index >= 15 is 0 Å². The molecule has 3 heterocycles. The highest BCUT2D eigenvalue weighted by Gasteiger charge is 2.13. The van der Waals surface area contributed by atoms with Gasteiger partial charge in [-0.1, -0.05) is 29.5 Å². The van der Waals surface area contributed by atoms with Gasteiger partial charge in [-0.25, -0.2) is 0 Å². The van der Waals surface area contributed by atoms with Crippen molar-refractivity contribution in [3.8, 4) is 22.2 Å². The fourth-order valence-electron chi connectivity index (χ4n) is 2.38. The first-order chi connectivity index (χ1) is 12.3. The minimum absolute atomic E-state index is 0.697. The van der Waals surface area contributed by atoms with Crippen molar-refractivity contribution in [1.82, 2.24) is 19.8 Å². The summed E-state index contributed by atoms with van der Waals surface area (Å²) in [5.74, 6) is 2.17. The molecule has 0 radical (unpaired) electrons. The van der Waals surface area contributed by atoms with Crippen molar-refractivity contribution in [2.24, 2.45) is 0 Å². The van der Waals surface area contributed by atoms with Crippen LogP contribution in [0.3, 0.4) is 0 Å². The van der Waals surface area contributed by atoms with Crippen LogP contribution in [0.15, 0.2) is 35.7 Å². The molecule has 3 aromatic heterocycles. The molecule has 1 aromatic carbocycles. The van der Waals surface area contributed by atoms with Crippen molar-refractivity contribution >= 4 is 39.8 Å². The third kappa shape index (κ3) is 3.01. The Kier molecular flexibility index (Phi) is 4.21. The molecule has 0 unspecified atom stereocenters. The maximum absolute atomic E-state index is 5.33. The van der Waals surface area contributed by atoms with E-state index in [4.69, 9.17) is 9.47 Å². The topological polar surface area (TPSA) is 61.5 Å². The molecule has 0 aliphatic rings. The Morgan fingerprint density at radius 3 is 2.68 bits per heavy atom. The number of methoxy groups -OCH3 is 2. The van der Waals surface area contributed by atoms with Gasteiger partial charge in [0.25, 0.3) is 0 Å². The molecular formula is C17H14N4O2S2. The van der Waals surface area contributed by atoms with Crippen LogP contribution in [-0.4, -0.2) is 34.0 Å². The minimum atomic E-state index is 0.697. The zero-order valence-corrected chi connectivity index (χ0v) is 15.2. The molecule has 0 bridgehead atoms. The average Bonchev–Trinajstić information content (AvgIpc) is 3.36. The summed E-state index contributed by atoms with van der Waals surface area (Å²) in [4.78, 5) is 1.82. The van der Waals surface area contributed by atoms with E-state index in [0.29, 0.717) is 11.5 Å². The summed E-state index contributed by atoms with van der Waals surface area (Å²) < 4.78 is 12.4. The molecule has 0 aliphatic carbocycles. The van der Waals surface area contributed by atoms with E-state index in [2.05, 4.69) is 15.3 Å². The van der Waals surface area contributed by atoms with Gasteiger partial charge in [-0.05, 0) is 35.2 Å². The second-order valence-electron chi connectivity index (χ2n) is 5.08. The molecule has 4 rings (SSSR count). The number of aromatic nitrogens is 4. The van der Waals surface area contributed by atoms with Crippen LogP contribution >= 0.6 is 22.7 Å². The van der Waals surface area contributed by atoms with Crippen molar-refractivity contribution in [2.45, 2.75) is 0 Å². The second-order valence-corrected chi connectivity index (χ2v) is 7.02. The van der Waals surface area contributed by atoms with E-state index in [-0.39, 0.29) is 0 Å². The Morgan fingerprint density at radius 1 is 1.04 bits per heavy atom. The molecule has 0 atom stereocenters. The van der Waals surface area contributed by atoms with E-state index < -0.39 is 0 Å². The SMILES string of the molecule is COc1ccc(/C=C/c2nn3c(-c4cccs4)nnc3s2)cc1OC. The summed E-state index contributed by atoms with van der Waals surface area (Å²) in [5.41, 5.74) is 1.00. The summed E-state index contributed by atoms with van der Waals surface area (Å²) in [6.45, 7) is 0. The second kappa shape index (κ2) is 6.66.